The highest BCUT2D eigenvalue weighted by atomic mass is 19.4. The maximum absolute atomic E-state index is 12.1. The lowest BCUT2D eigenvalue weighted by Crippen LogP contribution is -2.39. The first-order valence-corrected chi connectivity index (χ1v) is 6.06. The molecule has 0 bridgehead atoms. The van der Waals surface area contributed by atoms with Crippen LogP contribution in [0.5, 0.6) is 11.5 Å². The standard InChI is InChI=1S/C13H15F3NO2/c14-13(15,16)9-18-10-5-1-2-6-11(10)19-12-7-3-4-8-17-12/h1-2,5-7,12,17H,3-4,8-9H2. The first-order valence-electron chi connectivity index (χ1n) is 6.06. The van der Waals surface area contributed by atoms with E-state index in [1.165, 1.54) is 6.07 Å². The quantitative estimate of drug-likeness (QED) is 0.915. The molecule has 1 N–H and O–H groups in total. The number of hydrogen-bond donors (Lipinski definition) is 1. The molecule has 1 atom stereocenters. The lowest BCUT2D eigenvalue weighted by Gasteiger charge is -2.25. The first-order chi connectivity index (χ1) is 9.04. The Hall–Kier alpha value is -1.43. The number of ether oxygens (including phenoxy) is 2. The van der Waals surface area contributed by atoms with E-state index >= 15 is 0 Å². The van der Waals surface area contributed by atoms with E-state index in [1.54, 1.807) is 18.2 Å². The average molecular weight is 274 g/mol. The molecule has 2 rings (SSSR count). The fourth-order valence-corrected chi connectivity index (χ4v) is 1.75. The Kier molecular flexibility index (Phi) is 4.52. The van der Waals surface area contributed by atoms with Gasteiger partial charge in [0.25, 0.3) is 0 Å². The Morgan fingerprint density at radius 1 is 1.21 bits per heavy atom. The smallest absolute Gasteiger partial charge is 0.422 e. The number of benzene rings is 1. The lowest BCUT2D eigenvalue weighted by molar-refractivity contribution is -0.153. The summed E-state index contributed by atoms with van der Waals surface area (Å²) in [6.07, 6.45) is -0.744. The third-order valence-electron chi connectivity index (χ3n) is 2.60. The van der Waals surface area contributed by atoms with Crippen molar-refractivity contribution in [3.63, 3.8) is 0 Å². The van der Waals surface area contributed by atoms with Crippen LogP contribution in [0.4, 0.5) is 13.2 Å². The largest absolute Gasteiger partial charge is 0.480 e. The van der Waals surface area contributed by atoms with E-state index in [0.717, 1.165) is 19.4 Å². The summed E-state index contributed by atoms with van der Waals surface area (Å²) in [6.45, 7) is -0.498. The van der Waals surface area contributed by atoms with Crippen molar-refractivity contribution in [3.8, 4) is 11.5 Å². The summed E-state index contributed by atoms with van der Waals surface area (Å²) in [6, 6.07) is 6.36. The number of hydrogen-bond acceptors (Lipinski definition) is 3. The van der Waals surface area contributed by atoms with Crippen LogP contribution in [0.15, 0.2) is 24.3 Å². The molecule has 1 unspecified atom stereocenters. The van der Waals surface area contributed by atoms with Crippen molar-refractivity contribution >= 4 is 0 Å². The van der Waals surface area contributed by atoms with Gasteiger partial charge >= 0.3 is 6.18 Å². The highest BCUT2D eigenvalue weighted by molar-refractivity contribution is 5.39. The van der Waals surface area contributed by atoms with Gasteiger partial charge < -0.3 is 9.47 Å². The molecule has 0 spiro atoms. The fourth-order valence-electron chi connectivity index (χ4n) is 1.75. The summed E-state index contributed by atoms with van der Waals surface area (Å²) < 4.78 is 46.8. The van der Waals surface area contributed by atoms with Crippen molar-refractivity contribution in [3.05, 3.63) is 30.7 Å². The summed E-state index contributed by atoms with van der Waals surface area (Å²) in [7, 11) is 0. The molecule has 19 heavy (non-hydrogen) atoms. The van der Waals surface area contributed by atoms with Gasteiger partial charge in [-0.15, -0.1) is 0 Å². The van der Waals surface area contributed by atoms with E-state index in [-0.39, 0.29) is 12.0 Å². The van der Waals surface area contributed by atoms with Gasteiger partial charge in [0, 0.05) is 6.42 Å². The normalized spacial score (nSPS) is 20.1. The van der Waals surface area contributed by atoms with Gasteiger partial charge in [-0.05, 0) is 31.5 Å². The Morgan fingerprint density at radius 3 is 2.58 bits per heavy atom. The van der Waals surface area contributed by atoms with E-state index in [0.29, 0.717) is 5.75 Å². The number of rotatable bonds is 4. The fraction of sp³-hybridized carbons (Fsp3) is 0.462. The molecule has 0 aliphatic carbocycles. The van der Waals surface area contributed by atoms with E-state index in [1.807, 2.05) is 6.42 Å². The SMILES string of the molecule is FC(F)(F)COc1ccccc1OC1[CH]CCCN1. The lowest BCUT2D eigenvalue weighted by atomic mass is 10.1. The average Bonchev–Trinajstić information content (AvgIpc) is 2.38. The summed E-state index contributed by atoms with van der Waals surface area (Å²) in [5.74, 6) is 0.406. The second-order valence-corrected chi connectivity index (χ2v) is 4.22. The molecular weight excluding hydrogens is 259 g/mol. The number of nitrogens with one attached hydrogen (secondary N) is 1. The van der Waals surface area contributed by atoms with Gasteiger partial charge in [0.05, 0.1) is 0 Å². The van der Waals surface area contributed by atoms with E-state index in [4.69, 9.17) is 9.47 Å². The topological polar surface area (TPSA) is 30.5 Å². The molecule has 1 heterocycles. The Morgan fingerprint density at radius 2 is 1.95 bits per heavy atom. The van der Waals surface area contributed by atoms with Crippen LogP contribution in [0.25, 0.3) is 0 Å². The van der Waals surface area contributed by atoms with Crippen molar-refractivity contribution in [1.82, 2.24) is 5.32 Å². The molecule has 0 aromatic heterocycles. The zero-order chi connectivity index (χ0) is 13.7. The predicted octanol–water partition coefficient (Wildman–Crippen LogP) is 2.92. The van der Waals surface area contributed by atoms with Crippen LogP contribution >= 0.6 is 0 Å². The van der Waals surface area contributed by atoms with Crippen molar-refractivity contribution in [1.29, 1.82) is 0 Å². The molecule has 0 amide bonds. The maximum atomic E-state index is 12.1. The maximum Gasteiger partial charge on any atom is 0.422 e. The molecule has 1 radical (unpaired) electrons. The predicted molar refractivity (Wildman–Crippen MR) is 63.9 cm³/mol. The molecule has 1 aromatic carbocycles. The van der Waals surface area contributed by atoms with Gasteiger partial charge in [-0.2, -0.15) is 13.2 Å². The summed E-state index contributed by atoms with van der Waals surface area (Å²) in [5.41, 5.74) is 0. The first kappa shape index (κ1) is 14.0. The minimum Gasteiger partial charge on any atom is -0.480 e. The third-order valence-corrected chi connectivity index (χ3v) is 2.60. The summed E-state index contributed by atoms with van der Waals surface area (Å²) in [5, 5.41) is 3.11. The molecule has 1 saturated heterocycles. The molecule has 0 saturated carbocycles. The number of alkyl halides is 3. The van der Waals surface area contributed by atoms with Crippen molar-refractivity contribution < 1.29 is 22.6 Å². The van der Waals surface area contributed by atoms with Crippen LogP contribution in [0.1, 0.15) is 12.8 Å². The minimum absolute atomic E-state index is 0.0978. The van der Waals surface area contributed by atoms with Crippen molar-refractivity contribution in [2.75, 3.05) is 13.2 Å². The third kappa shape index (κ3) is 4.63. The molecule has 1 aliphatic rings. The van der Waals surface area contributed by atoms with Crippen molar-refractivity contribution in [2.24, 2.45) is 0 Å². The zero-order valence-electron chi connectivity index (χ0n) is 10.2. The van der Waals surface area contributed by atoms with Crippen LogP contribution in [-0.4, -0.2) is 25.6 Å². The monoisotopic (exact) mass is 274 g/mol. The number of halogens is 3. The zero-order valence-corrected chi connectivity index (χ0v) is 10.2. The van der Waals surface area contributed by atoms with E-state index in [9.17, 15) is 13.2 Å². The molecule has 1 aliphatic heterocycles. The second-order valence-electron chi connectivity index (χ2n) is 4.22. The van der Waals surface area contributed by atoms with E-state index in [2.05, 4.69) is 5.32 Å². The van der Waals surface area contributed by atoms with Gasteiger partial charge in [-0.3, -0.25) is 5.32 Å². The number of para-hydroxylation sites is 2. The van der Waals surface area contributed by atoms with Gasteiger partial charge in [-0.25, -0.2) is 0 Å². The van der Waals surface area contributed by atoms with Crippen molar-refractivity contribution in [2.45, 2.75) is 25.2 Å². The Balaban J connectivity index is 1.99. The van der Waals surface area contributed by atoms with Gasteiger partial charge in [0.15, 0.2) is 24.3 Å². The highest BCUT2D eigenvalue weighted by Crippen LogP contribution is 2.29. The molecule has 6 heteroatoms. The summed E-state index contributed by atoms with van der Waals surface area (Å²) >= 11 is 0. The molecular formula is C13H15F3NO2. The van der Waals surface area contributed by atoms with E-state index < -0.39 is 12.8 Å². The van der Waals surface area contributed by atoms with Crippen LogP contribution in [0, 0.1) is 6.42 Å². The Bertz CT molecular complexity index is 403. The molecule has 1 fully saturated rings. The van der Waals surface area contributed by atoms with Gasteiger partial charge in [-0.1, -0.05) is 12.1 Å². The molecule has 105 valence electrons. The number of piperidine rings is 1. The van der Waals surface area contributed by atoms with Crippen LogP contribution in [0.2, 0.25) is 0 Å². The Labute approximate surface area is 109 Å². The van der Waals surface area contributed by atoms with Crippen LogP contribution in [-0.2, 0) is 0 Å². The molecule has 1 aromatic rings. The minimum atomic E-state index is -4.36. The summed E-state index contributed by atoms with van der Waals surface area (Å²) in [4.78, 5) is 0. The highest BCUT2D eigenvalue weighted by Gasteiger charge is 2.29. The van der Waals surface area contributed by atoms with Gasteiger partial charge in [0.2, 0.25) is 0 Å². The second kappa shape index (κ2) is 6.14. The van der Waals surface area contributed by atoms with Gasteiger partial charge in [0.1, 0.15) is 0 Å². The molecule has 3 nitrogen and oxygen atoms in total. The van der Waals surface area contributed by atoms with Crippen LogP contribution < -0.4 is 14.8 Å². The van der Waals surface area contributed by atoms with Crippen LogP contribution in [0.3, 0.4) is 0 Å².